The van der Waals surface area contributed by atoms with Crippen molar-refractivity contribution in [3.63, 3.8) is 0 Å². The Hall–Kier alpha value is -1.36. The summed E-state index contributed by atoms with van der Waals surface area (Å²) in [5.74, 6) is 0.00984. The first-order valence-electron chi connectivity index (χ1n) is 5.73. The van der Waals surface area contributed by atoms with Crippen molar-refractivity contribution < 1.29 is 4.79 Å². The highest BCUT2D eigenvalue weighted by molar-refractivity contribution is 5.78. The van der Waals surface area contributed by atoms with Gasteiger partial charge in [0, 0.05) is 31.4 Å². The second-order valence-electron chi connectivity index (χ2n) is 3.84. The van der Waals surface area contributed by atoms with E-state index in [2.05, 4.69) is 22.2 Å². The number of nitrogens with two attached hydrogens (primary N) is 1. The molecule has 5 nitrogen and oxygen atoms in total. The van der Waals surface area contributed by atoms with Crippen LogP contribution in [0.1, 0.15) is 25.5 Å². The minimum Gasteiger partial charge on any atom is -0.355 e. The van der Waals surface area contributed by atoms with Crippen molar-refractivity contribution in [2.24, 2.45) is 11.7 Å². The van der Waals surface area contributed by atoms with Gasteiger partial charge in [-0.1, -0.05) is 13.3 Å². The van der Waals surface area contributed by atoms with E-state index in [4.69, 9.17) is 5.73 Å². The Morgan fingerprint density at radius 2 is 2.50 bits per heavy atom. The Morgan fingerprint density at radius 1 is 1.69 bits per heavy atom. The van der Waals surface area contributed by atoms with E-state index < -0.39 is 0 Å². The van der Waals surface area contributed by atoms with Crippen molar-refractivity contribution in [2.45, 2.75) is 26.2 Å². The monoisotopic (exact) mass is 224 g/mol. The number of nitrogens with zero attached hydrogens (tertiary/aromatic N) is 1. The maximum absolute atomic E-state index is 11.7. The van der Waals surface area contributed by atoms with Crippen LogP contribution in [0.25, 0.3) is 0 Å². The number of H-pyrrole nitrogens is 1. The first-order valence-corrected chi connectivity index (χ1v) is 5.73. The largest absolute Gasteiger partial charge is 0.355 e. The number of imidazole rings is 1. The van der Waals surface area contributed by atoms with Crippen molar-refractivity contribution in [3.8, 4) is 0 Å². The fourth-order valence-corrected chi connectivity index (χ4v) is 1.59. The molecule has 4 N–H and O–H groups in total. The molecule has 0 aliphatic carbocycles. The molecule has 0 fully saturated rings. The van der Waals surface area contributed by atoms with E-state index in [-0.39, 0.29) is 11.8 Å². The normalized spacial score (nSPS) is 12.4. The van der Waals surface area contributed by atoms with Crippen LogP contribution in [0.3, 0.4) is 0 Å². The Labute approximate surface area is 95.8 Å². The average Bonchev–Trinajstić information content (AvgIpc) is 2.78. The van der Waals surface area contributed by atoms with Crippen molar-refractivity contribution in [1.82, 2.24) is 15.3 Å². The minimum atomic E-state index is -0.0493. The molecule has 1 aromatic heterocycles. The molecule has 1 aromatic rings. The molecule has 0 bridgehead atoms. The molecule has 16 heavy (non-hydrogen) atoms. The lowest BCUT2D eigenvalue weighted by Gasteiger charge is -2.13. The SMILES string of the molecule is CCCC(CN)C(=O)NCCc1cnc[nH]1. The van der Waals surface area contributed by atoms with E-state index in [0.717, 1.165) is 25.0 Å². The number of aromatic amines is 1. The van der Waals surface area contributed by atoms with Crippen molar-refractivity contribution in [3.05, 3.63) is 18.2 Å². The van der Waals surface area contributed by atoms with Crippen molar-refractivity contribution in [1.29, 1.82) is 0 Å². The summed E-state index contributed by atoms with van der Waals surface area (Å²) in [6.07, 6.45) is 6.01. The Kier molecular flexibility index (Phi) is 5.56. The van der Waals surface area contributed by atoms with E-state index in [1.807, 2.05) is 0 Å². The Bertz CT molecular complexity index is 297. The van der Waals surface area contributed by atoms with Crippen molar-refractivity contribution >= 4 is 5.91 Å². The maximum atomic E-state index is 11.7. The molecule has 0 radical (unpaired) electrons. The molecule has 1 amide bonds. The highest BCUT2D eigenvalue weighted by Crippen LogP contribution is 2.04. The lowest BCUT2D eigenvalue weighted by atomic mass is 10.0. The third kappa shape index (κ3) is 4.02. The van der Waals surface area contributed by atoms with E-state index in [0.29, 0.717) is 13.1 Å². The van der Waals surface area contributed by atoms with Gasteiger partial charge in [-0.3, -0.25) is 4.79 Å². The predicted octanol–water partition coefficient (Wildman–Crippen LogP) is 0.443. The highest BCUT2D eigenvalue weighted by Gasteiger charge is 2.14. The van der Waals surface area contributed by atoms with Gasteiger partial charge in [-0.05, 0) is 6.42 Å². The van der Waals surface area contributed by atoms with Crippen LogP contribution in [0.5, 0.6) is 0 Å². The van der Waals surface area contributed by atoms with Crippen LogP contribution in [0.2, 0.25) is 0 Å². The number of hydrogen-bond acceptors (Lipinski definition) is 3. The summed E-state index contributed by atoms with van der Waals surface area (Å²) in [5.41, 5.74) is 6.58. The summed E-state index contributed by atoms with van der Waals surface area (Å²) in [6, 6.07) is 0. The Balaban J connectivity index is 2.23. The average molecular weight is 224 g/mol. The molecule has 0 aliphatic rings. The fraction of sp³-hybridized carbons (Fsp3) is 0.636. The third-order valence-corrected chi connectivity index (χ3v) is 2.54. The number of hydrogen-bond donors (Lipinski definition) is 3. The molecule has 1 rings (SSSR count). The predicted molar refractivity (Wildman–Crippen MR) is 62.8 cm³/mol. The number of nitrogens with one attached hydrogen (secondary N) is 2. The summed E-state index contributed by atoms with van der Waals surface area (Å²) >= 11 is 0. The van der Waals surface area contributed by atoms with Crippen LogP contribution in [0.15, 0.2) is 12.5 Å². The molecular weight excluding hydrogens is 204 g/mol. The highest BCUT2D eigenvalue weighted by atomic mass is 16.1. The van der Waals surface area contributed by atoms with E-state index in [1.165, 1.54) is 0 Å². The van der Waals surface area contributed by atoms with Gasteiger partial charge in [0.05, 0.1) is 12.2 Å². The maximum Gasteiger partial charge on any atom is 0.224 e. The van der Waals surface area contributed by atoms with Crippen LogP contribution < -0.4 is 11.1 Å². The molecular formula is C11H20N4O. The van der Waals surface area contributed by atoms with Gasteiger partial charge in [-0.2, -0.15) is 0 Å². The molecule has 5 heteroatoms. The zero-order valence-electron chi connectivity index (χ0n) is 9.70. The molecule has 0 aliphatic heterocycles. The lowest BCUT2D eigenvalue weighted by molar-refractivity contribution is -0.124. The van der Waals surface area contributed by atoms with Gasteiger partial charge >= 0.3 is 0 Å². The quantitative estimate of drug-likeness (QED) is 0.628. The zero-order valence-corrected chi connectivity index (χ0v) is 9.70. The topological polar surface area (TPSA) is 83.8 Å². The first-order chi connectivity index (χ1) is 7.77. The van der Waals surface area contributed by atoms with Gasteiger partial charge in [0.15, 0.2) is 0 Å². The summed E-state index contributed by atoms with van der Waals surface area (Å²) in [6.45, 7) is 3.10. The molecule has 1 atom stereocenters. The van der Waals surface area contributed by atoms with Crippen LogP contribution >= 0.6 is 0 Å². The molecule has 0 saturated carbocycles. The molecule has 1 unspecified atom stereocenters. The number of carbonyl (C=O) groups is 1. The van der Waals surface area contributed by atoms with Crippen molar-refractivity contribution in [2.75, 3.05) is 13.1 Å². The van der Waals surface area contributed by atoms with Crippen LogP contribution in [0, 0.1) is 5.92 Å². The summed E-state index contributed by atoms with van der Waals surface area (Å²) in [4.78, 5) is 18.6. The third-order valence-electron chi connectivity index (χ3n) is 2.54. The van der Waals surface area contributed by atoms with Crippen LogP contribution in [0.4, 0.5) is 0 Å². The van der Waals surface area contributed by atoms with E-state index in [9.17, 15) is 4.79 Å². The van der Waals surface area contributed by atoms with Gasteiger partial charge in [0.25, 0.3) is 0 Å². The number of carbonyl (C=O) groups excluding carboxylic acids is 1. The summed E-state index contributed by atoms with van der Waals surface area (Å²) in [7, 11) is 0. The van der Waals surface area contributed by atoms with Crippen LogP contribution in [-0.4, -0.2) is 29.0 Å². The molecule has 0 aromatic carbocycles. The lowest BCUT2D eigenvalue weighted by Crippen LogP contribution is -2.36. The fourth-order valence-electron chi connectivity index (χ4n) is 1.59. The standard InChI is InChI=1S/C11H20N4O/c1-2-3-9(6-12)11(16)14-5-4-10-7-13-8-15-10/h7-9H,2-6,12H2,1H3,(H,13,15)(H,14,16). The number of aromatic nitrogens is 2. The minimum absolute atomic E-state index is 0.0493. The second kappa shape index (κ2) is 7.00. The molecule has 90 valence electrons. The summed E-state index contributed by atoms with van der Waals surface area (Å²) < 4.78 is 0. The van der Waals surface area contributed by atoms with Gasteiger partial charge in [0.2, 0.25) is 5.91 Å². The zero-order chi connectivity index (χ0) is 11.8. The second-order valence-corrected chi connectivity index (χ2v) is 3.84. The number of rotatable bonds is 7. The van der Waals surface area contributed by atoms with Gasteiger partial charge in [-0.15, -0.1) is 0 Å². The number of amides is 1. The van der Waals surface area contributed by atoms with Gasteiger partial charge in [0.1, 0.15) is 0 Å². The smallest absolute Gasteiger partial charge is 0.224 e. The van der Waals surface area contributed by atoms with E-state index >= 15 is 0 Å². The summed E-state index contributed by atoms with van der Waals surface area (Å²) in [5, 5.41) is 2.89. The molecule has 0 spiro atoms. The van der Waals surface area contributed by atoms with E-state index in [1.54, 1.807) is 12.5 Å². The first kappa shape index (κ1) is 12.7. The Morgan fingerprint density at radius 3 is 3.06 bits per heavy atom. The van der Waals surface area contributed by atoms with Crippen LogP contribution in [-0.2, 0) is 11.2 Å². The van der Waals surface area contributed by atoms with Gasteiger partial charge < -0.3 is 16.0 Å². The molecule has 1 heterocycles. The molecule has 0 saturated heterocycles. The van der Waals surface area contributed by atoms with Gasteiger partial charge in [-0.25, -0.2) is 4.98 Å².